The highest BCUT2D eigenvalue weighted by molar-refractivity contribution is 5.70. The standard InChI is InChI=1S/C6H12O4/c1-4(8)5(2)10-6(9)3-7/h4-5,7-8H,3H2,1-2H3. The molecule has 0 aliphatic heterocycles. The molecule has 0 aromatic heterocycles. The Kier molecular flexibility index (Phi) is 3.99. The Morgan fingerprint density at radius 3 is 2.40 bits per heavy atom. The summed E-state index contributed by atoms with van der Waals surface area (Å²) in [4.78, 5) is 10.3. The second-order valence-corrected chi connectivity index (χ2v) is 2.09. The van der Waals surface area contributed by atoms with Crippen molar-refractivity contribution >= 4 is 5.97 Å². The van der Waals surface area contributed by atoms with Crippen LogP contribution in [-0.2, 0) is 9.53 Å². The molecule has 4 nitrogen and oxygen atoms in total. The predicted octanol–water partition coefficient (Wildman–Crippen LogP) is -0.709. The minimum absolute atomic E-state index is 0.556. The minimum Gasteiger partial charge on any atom is -0.458 e. The van der Waals surface area contributed by atoms with Crippen LogP contribution in [0, 0.1) is 0 Å². The van der Waals surface area contributed by atoms with Crippen LogP contribution in [0.3, 0.4) is 0 Å². The number of carbonyl (C=O) groups is 1. The molecule has 0 saturated carbocycles. The minimum atomic E-state index is -0.714. The van der Waals surface area contributed by atoms with Gasteiger partial charge in [-0.1, -0.05) is 0 Å². The Hall–Kier alpha value is -0.610. The summed E-state index contributed by atoms with van der Waals surface area (Å²) in [5, 5.41) is 17.0. The molecule has 0 amide bonds. The number of hydrogen-bond acceptors (Lipinski definition) is 4. The molecule has 0 heterocycles. The average Bonchev–Trinajstić information content (AvgIpc) is 1.87. The summed E-state index contributed by atoms with van der Waals surface area (Å²) >= 11 is 0. The van der Waals surface area contributed by atoms with E-state index in [1.807, 2.05) is 0 Å². The molecule has 0 radical (unpaired) electrons. The molecular formula is C6H12O4. The molecule has 0 rings (SSSR count). The van der Waals surface area contributed by atoms with Crippen LogP contribution in [0.4, 0.5) is 0 Å². The maximum Gasteiger partial charge on any atom is 0.332 e. The summed E-state index contributed by atoms with van der Waals surface area (Å²) in [5.74, 6) is -0.714. The highest BCUT2D eigenvalue weighted by atomic mass is 16.6. The van der Waals surface area contributed by atoms with Crippen LogP contribution in [0.25, 0.3) is 0 Å². The van der Waals surface area contributed by atoms with Crippen molar-refractivity contribution in [1.29, 1.82) is 0 Å². The van der Waals surface area contributed by atoms with E-state index in [1.54, 1.807) is 6.92 Å². The van der Waals surface area contributed by atoms with Gasteiger partial charge in [-0.25, -0.2) is 4.79 Å². The first-order chi connectivity index (χ1) is 4.57. The second-order valence-electron chi connectivity index (χ2n) is 2.09. The van der Waals surface area contributed by atoms with E-state index in [0.717, 1.165) is 0 Å². The molecule has 4 heteroatoms. The van der Waals surface area contributed by atoms with Gasteiger partial charge in [0.2, 0.25) is 0 Å². The molecule has 10 heavy (non-hydrogen) atoms. The van der Waals surface area contributed by atoms with Crippen molar-refractivity contribution in [2.24, 2.45) is 0 Å². The molecule has 0 fully saturated rings. The zero-order chi connectivity index (χ0) is 8.15. The number of aliphatic hydroxyl groups is 2. The second kappa shape index (κ2) is 4.24. The fourth-order valence-corrected chi connectivity index (χ4v) is 0.343. The van der Waals surface area contributed by atoms with Gasteiger partial charge in [-0.2, -0.15) is 0 Å². The molecule has 60 valence electrons. The van der Waals surface area contributed by atoms with Crippen LogP contribution in [-0.4, -0.2) is 35.0 Å². The fraction of sp³-hybridized carbons (Fsp3) is 0.833. The SMILES string of the molecule is CC(O)C(C)OC(=O)CO. The van der Waals surface area contributed by atoms with E-state index in [0.29, 0.717) is 0 Å². The van der Waals surface area contributed by atoms with Crippen LogP contribution in [0.5, 0.6) is 0 Å². The highest BCUT2D eigenvalue weighted by Crippen LogP contribution is 1.96. The van der Waals surface area contributed by atoms with E-state index in [2.05, 4.69) is 4.74 Å². The third kappa shape index (κ3) is 3.42. The van der Waals surface area contributed by atoms with E-state index >= 15 is 0 Å². The maximum absolute atomic E-state index is 10.3. The number of esters is 1. The summed E-state index contributed by atoms with van der Waals surface area (Å²) < 4.78 is 4.52. The van der Waals surface area contributed by atoms with E-state index in [9.17, 15) is 4.79 Å². The Labute approximate surface area is 59.4 Å². The Morgan fingerprint density at radius 1 is 1.60 bits per heavy atom. The summed E-state index contributed by atoms with van der Waals surface area (Å²) in [7, 11) is 0. The molecule has 2 unspecified atom stereocenters. The normalized spacial score (nSPS) is 16.0. The lowest BCUT2D eigenvalue weighted by molar-refractivity contribution is -0.156. The van der Waals surface area contributed by atoms with Crippen LogP contribution in [0.1, 0.15) is 13.8 Å². The van der Waals surface area contributed by atoms with Crippen LogP contribution in [0.15, 0.2) is 0 Å². The maximum atomic E-state index is 10.3. The van der Waals surface area contributed by atoms with Gasteiger partial charge in [0.1, 0.15) is 12.7 Å². The number of ether oxygens (including phenoxy) is 1. The highest BCUT2D eigenvalue weighted by Gasteiger charge is 2.12. The van der Waals surface area contributed by atoms with Gasteiger partial charge in [0.25, 0.3) is 0 Å². The van der Waals surface area contributed by atoms with Crippen molar-refractivity contribution in [3.8, 4) is 0 Å². The van der Waals surface area contributed by atoms with Crippen molar-refractivity contribution < 1.29 is 19.7 Å². The average molecular weight is 148 g/mol. The molecule has 0 aromatic rings. The first-order valence-corrected chi connectivity index (χ1v) is 3.06. The molecule has 0 aliphatic carbocycles. The summed E-state index contributed by atoms with van der Waals surface area (Å²) in [6.07, 6.45) is -1.25. The Morgan fingerprint density at radius 2 is 2.10 bits per heavy atom. The van der Waals surface area contributed by atoms with Gasteiger partial charge in [-0.05, 0) is 13.8 Å². The first-order valence-electron chi connectivity index (χ1n) is 3.06. The third-order valence-corrected chi connectivity index (χ3v) is 1.13. The lowest BCUT2D eigenvalue weighted by Gasteiger charge is -2.14. The van der Waals surface area contributed by atoms with E-state index < -0.39 is 24.8 Å². The Bertz CT molecular complexity index is 110. The topological polar surface area (TPSA) is 66.8 Å². The zero-order valence-electron chi connectivity index (χ0n) is 6.07. The quantitative estimate of drug-likeness (QED) is 0.519. The van der Waals surface area contributed by atoms with Crippen molar-refractivity contribution in [2.45, 2.75) is 26.1 Å². The Balaban J connectivity index is 3.57. The van der Waals surface area contributed by atoms with Crippen molar-refractivity contribution in [3.05, 3.63) is 0 Å². The molecule has 0 aromatic carbocycles. The summed E-state index contributed by atoms with van der Waals surface area (Å²) in [6.45, 7) is 2.42. The lowest BCUT2D eigenvalue weighted by atomic mass is 10.3. The van der Waals surface area contributed by atoms with Crippen molar-refractivity contribution in [2.75, 3.05) is 6.61 Å². The van der Waals surface area contributed by atoms with E-state index in [4.69, 9.17) is 10.2 Å². The van der Waals surface area contributed by atoms with Gasteiger partial charge in [0, 0.05) is 0 Å². The molecule has 0 saturated heterocycles. The van der Waals surface area contributed by atoms with E-state index in [-0.39, 0.29) is 0 Å². The molecule has 2 atom stereocenters. The molecule has 0 bridgehead atoms. The summed E-state index contributed by atoms with van der Waals surface area (Å²) in [5.41, 5.74) is 0. The number of carbonyl (C=O) groups excluding carboxylic acids is 1. The molecular weight excluding hydrogens is 136 g/mol. The molecule has 0 aliphatic rings. The predicted molar refractivity (Wildman–Crippen MR) is 34.3 cm³/mol. The smallest absolute Gasteiger partial charge is 0.332 e. The third-order valence-electron chi connectivity index (χ3n) is 1.13. The van der Waals surface area contributed by atoms with Gasteiger partial charge in [0.05, 0.1) is 6.10 Å². The zero-order valence-corrected chi connectivity index (χ0v) is 6.07. The summed E-state index contributed by atoms with van der Waals surface area (Å²) in [6, 6.07) is 0. The monoisotopic (exact) mass is 148 g/mol. The van der Waals surface area contributed by atoms with Gasteiger partial charge in [0.15, 0.2) is 0 Å². The van der Waals surface area contributed by atoms with Crippen LogP contribution in [0.2, 0.25) is 0 Å². The van der Waals surface area contributed by atoms with E-state index in [1.165, 1.54) is 6.92 Å². The van der Waals surface area contributed by atoms with Gasteiger partial charge in [-0.15, -0.1) is 0 Å². The number of rotatable bonds is 3. The van der Waals surface area contributed by atoms with Crippen molar-refractivity contribution in [3.63, 3.8) is 0 Å². The van der Waals surface area contributed by atoms with Crippen LogP contribution < -0.4 is 0 Å². The first kappa shape index (κ1) is 9.39. The molecule has 0 spiro atoms. The van der Waals surface area contributed by atoms with Gasteiger partial charge < -0.3 is 14.9 Å². The lowest BCUT2D eigenvalue weighted by Crippen LogP contribution is -2.27. The van der Waals surface area contributed by atoms with Crippen LogP contribution >= 0.6 is 0 Å². The number of hydrogen-bond donors (Lipinski definition) is 2. The van der Waals surface area contributed by atoms with Gasteiger partial charge in [-0.3, -0.25) is 0 Å². The van der Waals surface area contributed by atoms with Gasteiger partial charge >= 0.3 is 5.97 Å². The fourth-order valence-electron chi connectivity index (χ4n) is 0.343. The largest absolute Gasteiger partial charge is 0.458 e. The van der Waals surface area contributed by atoms with Crippen molar-refractivity contribution in [1.82, 2.24) is 0 Å². The number of aliphatic hydroxyl groups excluding tert-OH is 2. The molecule has 2 N–H and O–H groups in total.